The highest BCUT2D eigenvalue weighted by atomic mass is 16.2. The Labute approximate surface area is 226 Å². The summed E-state index contributed by atoms with van der Waals surface area (Å²) in [7, 11) is 0. The van der Waals surface area contributed by atoms with Crippen LogP contribution in [-0.4, -0.2) is 46.4 Å². The highest BCUT2D eigenvalue weighted by Gasteiger charge is 2.35. The van der Waals surface area contributed by atoms with E-state index in [1.54, 1.807) is 18.2 Å². The number of carbonyl (C=O) groups excluding carboxylic acids is 4. The van der Waals surface area contributed by atoms with E-state index in [1.165, 1.54) is 29.7 Å². The molecule has 2 heterocycles. The lowest BCUT2D eigenvalue weighted by atomic mass is 9.80. The van der Waals surface area contributed by atoms with Gasteiger partial charge in [0.25, 0.3) is 5.91 Å². The summed E-state index contributed by atoms with van der Waals surface area (Å²) >= 11 is 0. The summed E-state index contributed by atoms with van der Waals surface area (Å²) in [6.45, 7) is 0.743. The van der Waals surface area contributed by atoms with Crippen LogP contribution < -0.4 is 16.0 Å². The molecule has 1 saturated heterocycles. The maximum atomic E-state index is 12.9. The topological polar surface area (TPSA) is 122 Å². The molecular weight excluding hydrogens is 494 g/mol. The first-order valence-corrected chi connectivity index (χ1v) is 13.6. The number of amides is 3. The molecule has 6 rings (SSSR count). The highest BCUT2D eigenvalue weighted by Crippen LogP contribution is 2.45. The molecule has 2 aromatic carbocycles. The van der Waals surface area contributed by atoms with Crippen LogP contribution in [0.2, 0.25) is 0 Å². The average Bonchev–Trinajstić information content (AvgIpc) is 3.68. The van der Waals surface area contributed by atoms with Crippen LogP contribution in [-0.2, 0) is 9.59 Å². The van der Waals surface area contributed by atoms with E-state index in [0.29, 0.717) is 24.2 Å². The summed E-state index contributed by atoms with van der Waals surface area (Å²) in [5.74, 6) is -0.349. The Morgan fingerprint density at radius 2 is 1.87 bits per heavy atom. The molecule has 1 atom stereocenters. The number of piperidine rings is 1. The van der Waals surface area contributed by atoms with Gasteiger partial charge in [0.1, 0.15) is 6.04 Å². The molecule has 9 nitrogen and oxygen atoms in total. The third-order valence-electron chi connectivity index (χ3n) is 7.96. The minimum atomic E-state index is -0.802. The fourth-order valence-corrected chi connectivity index (χ4v) is 5.47. The minimum Gasteiger partial charge on any atom is -0.385 e. The molecule has 39 heavy (non-hydrogen) atoms. The number of carbonyl (C=O) groups is 4. The first-order valence-electron chi connectivity index (χ1n) is 13.6. The molecule has 2 aliphatic carbocycles. The van der Waals surface area contributed by atoms with Gasteiger partial charge in [-0.15, -0.1) is 0 Å². The van der Waals surface area contributed by atoms with Crippen molar-refractivity contribution in [2.75, 3.05) is 11.9 Å². The van der Waals surface area contributed by atoms with E-state index >= 15 is 0 Å². The quantitative estimate of drug-likeness (QED) is 0.288. The van der Waals surface area contributed by atoms with Crippen LogP contribution >= 0.6 is 0 Å². The van der Waals surface area contributed by atoms with E-state index in [1.807, 2.05) is 6.07 Å². The molecule has 0 spiro atoms. The van der Waals surface area contributed by atoms with Gasteiger partial charge in [-0.2, -0.15) is 5.10 Å². The fraction of sp³-hybridized carbons (Fsp3) is 0.367. The molecule has 200 valence electrons. The lowest BCUT2D eigenvalue weighted by Crippen LogP contribution is -2.52. The predicted octanol–water partition coefficient (Wildman–Crippen LogP) is 3.84. The third kappa shape index (κ3) is 5.34. The Hall–Kier alpha value is -4.27. The van der Waals surface area contributed by atoms with Gasteiger partial charge in [0, 0.05) is 41.9 Å². The van der Waals surface area contributed by atoms with E-state index in [4.69, 9.17) is 5.10 Å². The first kappa shape index (κ1) is 25.0. The molecule has 3 aliphatic rings. The lowest BCUT2D eigenvalue weighted by molar-refractivity contribution is -0.134. The zero-order valence-corrected chi connectivity index (χ0v) is 21.6. The van der Waals surface area contributed by atoms with Crippen LogP contribution in [0.3, 0.4) is 0 Å². The van der Waals surface area contributed by atoms with Crippen molar-refractivity contribution in [1.29, 1.82) is 0 Å². The lowest BCUT2D eigenvalue weighted by Gasteiger charge is -2.35. The predicted molar refractivity (Wildman–Crippen MR) is 145 cm³/mol. The van der Waals surface area contributed by atoms with Gasteiger partial charge in [-0.3, -0.25) is 29.2 Å². The molecule has 2 saturated carbocycles. The van der Waals surface area contributed by atoms with Gasteiger partial charge in [-0.05, 0) is 61.8 Å². The molecule has 0 bridgehead atoms. The fourth-order valence-electron chi connectivity index (χ4n) is 5.47. The summed E-state index contributed by atoms with van der Waals surface area (Å²) in [6, 6.07) is 15.1. The Kier molecular flexibility index (Phi) is 6.72. The number of aldehydes is 1. The summed E-state index contributed by atoms with van der Waals surface area (Å²) < 4.78 is 2.16. The van der Waals surface area contributed by atoms with Gasteiger partial charge < -0.3 is 10.6 Å². The molecule has 3 aromatic rings. The van der Waals surface area contributed by atoms with Crippen LogP contribution in [0.1, 0.15) is 76.9 Å². The van der Waals surface area contributed by atoms with E-state index in [9.17, 15) is 19.2 Å². The molecule has 9 heteroatoms. The van der Waals surface area contributed by atoms with Crippen molar-refractivity contribution < 1.29 is 19.2 Å². The highest BCUT2D eigenvalue weighted by molar-refractivity contribution is 6.06. The Bertz CT molecular complexity index is 1420. The van der Waals surface area contributed by atoms with Gasteiger partial charge in [-0.1, -0.05) is 30.3 Å². The SMILES string of the molecule is O=Cc1ccc(NCC2CC(n3cc(-c4ccccc4)c(C4CC4)n3)C2)cc1C(=O)NC1CCC(=O)NC1=O. The monoisotopic (exact) mass is 525 g/mol. The summed E-state index contributed by atoms with van der Waals surface area (Å²) in [4.78, 5) is 47.9. The van der Waals surface area contributed by atoms with Gasteiger partial charge in [0.15, 0.2) is 6.29 Å². The first-order chi connectivity index (χ1) is 19.0. The average molecular weight is 526 g/mol. The molecule has 0 radical (unpaired) electrons. The maximum Gasteiger partial charge on any atom is 0.252 e. The molecule has 1 aliphatic heterocycles. The second kappa shape index (κ2) is 10.5. The number of hydrogen-bond acceptors (Lipinski definition) is 6. The van der Waals surface area contributed by atoms with Crippen molar-refractivity contribution >= 4 is 29.7 Å². The van der Waals surface area contributed by atoms with Crippen LogP contribution in [0.4, 0.5) is 5.69 Å². The second-order valence-electron chi connectivity index (χ2n) is 10.8. The zero-order chi connectivity index (χ0) is 26.9. The Morgan fingerprint density at radius 3 is 2.59 bits per heavy atom. The van der Waals surface area contributed by atoms with Crippen molar-refractivity contribution in [3.63, 3.8) is 0 Å². The van der Waals surface area contributed by atoms with Crippen molar-refractivity contribution in [3.8, 4) is 11.1 Å². The van der Waals surface area contributed by atoms with Gasteiger partial charge >= 0.3 is 0 Å². The zero-order valence-electron chi connectivity index (χ0n) is 21.6. The largest absolute Gasteiger partial charge is 0.385 e. The number of imide groups is 1. The van der Waals surface area contributed by atoms with Crippen LogP contribution in [0.25, 0.3) is 11.1 Å². The van der Waals surface area contributed by atoms with E-state index in [0.717, 1.165) is 25.1 Å². The summed E-state index contributed by atoms with van der Waals surface area (Å²) in [5, 5.41) is 13.3. The number of rotatable bonds is 9. The molecule has 3 N–H and O–H groups in total. The number of hydrogen-bond donors (Lipinski definition) is 3. The summed E-state index contributed by atoms with van der Waals surface area (Å²) in [5.41, 5.74) is 4.87. The van der Waals surface area contributed by atoms with Crippen molar-refractivity contribution in [2.45, 2.75) is 56.5 Å². The molecular formula is C30H31N5O4. The Morgan fingerprint density at radius 1 is 1.08 bits per heavy atom. The number of nitrogens with one attached hydrogen (secondary N) is 3. The van der Waals surface area contributed by atoms with Crippen molar-refractivity contribution in [3.05, 3.63) is 71.5 Å². The van der Waals surface area contributed by atoms with E-state index < -0.39 is 17.9 Å². The van der Waals surface area contributed by atoms with Crippen molar-refractivity contribution in [2.24, 2.45) is 5.92 Å². The van der Waals surface area contributed by atoms with Gasteiger partial charge in [0.2, 0.25) is 11.8 Å². The molecule has 1 aromatic heterocycles. The maximum absolute atomic E-state index is 12.9. The normalized spacial score (nSPS) is 22.5. The number of aromatic nitrogens is 2. The summed E-state index contributed by atoms with van der Waals surface area (Å²) in [6.07, 6.45) is 7.69. The standard InChI is InChI=1S/C30H31N5O4/c36-17-21-8-9-22(14-24(21)29(38)32-26-10-11-27(37)33-30(26)39)31-15-18-12-23(13-18)35-16-25(19-4-2-1-3-5-19)28(34-35)20-6-7-20/h1-5,8-9,14,16-18,20,23,26,31H,6-7,10-13,15H2,(H,32,38)(H,33,37,39). The van der Waals surface area contributed by atoms with Crippen LogP contribution in [0.15, 0.2) is 54.7 Å². The smallest absolute Gasteiger partial charge is 0.252 e. The number of anilines is 1. The van der Waals surface area contributed by atoms with Crippen LogP contribution in [0.5, 0.6) is 0 Å². The van der Waals surface area contributed by atoms with E-state index in [-0.39, 0.29) is 29.9 Å². The second-order valence-corrected chi connectivity index (χ2v) is 10.8. The minimum absolute atomic E-state index is 0.162. The molecule has 1 unspecified atom stereocenters. The van der Waals surface area contributed by atoms with Crippen molar-refractivity contribution in [1.82, 2.24) is 20.4 Å². The van der Waals surface area contributed by atoms with E-state index in [2.05, 4.69) is 51.1 Å². The van der Waals surface area contributed by atoms with Gasteiger partial charge in [-0.25, -0.2) is 0 Å². The molecule has 3 fully saturated rings. The number of benzene rings is 2. The number of nitrogens with zero attached hydrogens (tertiary/aromatic N) is 2. The molecule has 3 amide bonds. The third-order valence-corrected chi connectivity index (χ3v) is 7.96. The van der Waals surface area contributed by atoms with Crippen LogP contribution in [0, 0.1) is 5.92 Å². The Balaban J connectivity index is 1.07. The van der Waals surface area contributed by atoms with Gasteiger partial charge in [0.05, 0.1) is 17.3 Å².